The number of furan rings is 1. The zero-order valence-electron chi connectivity index (χ0n) is 17.5. The number of hydrogen-bond donors (Lipinski definition) is 2. The number of benzene rings is 2. The fraction of sp³-hybridized carbons (Fsp3) is 0.250. The summed E-state index contributed by atoms with van der Waals surface area (Å²) in [4.78, 5) is 14.9. The molecular weight excluding hydrogens is 465 g/mol. The van der Waals surface area contributed by atoms with Crippen LogP contribution in [0.4, 0.5) is 11.4 Å². The zero-order chi connectivity index (χ0) is 22.7. The highest BCUT2D eigenvalue weighted by atomic mass is 35.5. The summed E-state index contributed by atoms with van der Waals surface area (Å²) in [6.07, 6.45) is 3.73. The van der Waals surface area contributed by atoms with E-state index in [1.165, 1.54) is 24.9 Å². The monoisotopic (exact) mass is 487 g/mol. The molecule has 1 aliphatic rings. The first-order valence-electron chi connectivity index (χ1n) is 10.4. The van der Waals surface area contributed by atoms with Crippen LogP contribution >= 0.6 is 35.4 Å². The van der Waals surface area contributed by atoms with E-state index < -0.39 is 5.91 Å². The number of rotatable bonds is 4. The lowest BCUT2D eigenvalue weighted by Crippen LogP contribution is -2.37. The van der Waals surface area contributed by atoms with Gasteiger partial charge in [-0.3, -0.25) is 10.1 Å². The molecule has 8 heteroatoms. The molecule has 1 unspecified atom stereocenters. The van der Waals surface area contributed by atoms with Gasteiger partial charge in [-0.05, 0) is 93.0 Å². The molecule has 0 saturated carbocycles. The number of nitrogens with one attached hydrogen (secondary N) is 2. The SMILES string of the molecule is CC1CCCCN1c1ccc(NC(=S)NC(=O)c2ccc(-c3ccc(Cl)c(Cl)c3)o2)cc1. The Bertz CT molecular complexity index is 1130. The van der Waals surface area contributed by atoms with Gasteiger partial charge < -0.3 is 14.6 Å². The van der Waals surface area contributed by atoms with Crippen LogP contribution in [0.25, 0.3) is 11.3 Å². The van der Waals surface area contributed by atoms with Gasteiger partial charge in [-0.25, -0.2) is 0 Å². The number of halogens is 2. The maximum atomic E-state index is 12.5. The van der Waals surface area contributed by atoms with E-state index in [0.29, 0.717) is 21.8 Å². The summed E-state index contributed by atoms with van der Waals surface area (Å²) in [5.41, 5.74) is 2.73. The van der Waals surface area contributed by atoms with E-state index in [1.54, 1.807) is 30.3 Å². The molecule has 0 spiro atoms. The molecule has 1 atom stereocenters. The number of hydrogen-bond acceptors (Lipinski definition) is 4. The first-order chi connectivity index (χ1) is 15.4. The van der Waals surface area contributed by atoms with Crippen molar-refractivity contribution in [3.8, 4) is 11.3 Å². The van der Waals surface area contributed by atoms with Gasteiger partial charge in [-0.1, -0.05) is 23.2 Å². The quantitative estimate of drug-likeness (QED) is 0.398. The molecule has 5 nitrogen and oxygen atoms in total. The maximum Gasteiger partial charge on any atom is 0.293 e. The van der Waals surface area contributed by atoms with Crippen molar-refractivity contribution in [2.75, 3.05) is 16.8 Å². The molecule has 4 rings (SSSR count). The van der Waals surface area contributed by atoms with Gasteiger partial charge in [0.1, 0.15) is 5.76 Å². The Balaban J connectivity index is 1.35. The third-order valence-corrected chi connectivity index (χ3v) is 6.46. The Labute approximate surface area is 202 Å². The van der Waals surface area contributed by atoms with Crippen LogP contribution in [-0.2, 0) is 0 Å². The number of anilines is 2. The van der Waals surface area contributed by atoms with Crippen molar-refractivity contribution in [3.63, 3.8) is 0 Å². The second-order valence-electron chi connectivity index (χ2n) is 7.79. The lowest BCUT2D eigenvalue weighted by atomic mass is 10.0. The van der Waals surface area contributed by atoms with Gasteiger partial charge >= 0.3 is 0 Å². The Morgan fingerprint density at radius 3 is 2.56 bits per heavy atom. The predicted molar refractivity (Wildman–Crippen MR) is 135 cm³/mol. The van der Waals surface area contributed by atoms with Gasteiger partial charge in [0.2, 0.25) is 0 Å². The Morgan fingerprint density at radius 1 is 1.06 bits per heavy atom. The van der Waals surface area contributed by atoms with E-state index >= 15 is 0 Å². The predicted octanol–water partition coefficient (Wildman–Crippen LogP) is 6.76. The van der Waals surface area contributed by atoms with Crippen LogP contribution < -0.4 is 15.5 Å². The van der Waals surface area contributed by atoms with E-state index in [4.69, 9.17) is 39.8 Å². The van der Waals surface area contributed by atoms with Gasteiger partial charge in [0.25, 0.3) is 5.91 Å². The molecule has 166 valence electrons. The summed E-state index contributed by atoms with van der Waals surface area (Å²) < 4.78 is 5.66. The van der Waals surface area contributed by atoms with Crippen LogP contribution in [0, 0.1) is 0 Å². The van der Waals surface area contributed by atoms with E-state index in [0.717, 1.165) is 17.8 Å². The summed E-state index contributed by atoms with van der Waals surface area (Å²) in [6.45, 7) is 3.34. The summed E-state index contributed by atoms with van der Waals surface area (Å²) in [6, 6.07) is 17.0. The molecule has 0 bridgehead atoms. The summed E-state index contributed by atoms with van der Waals surface area (Å²) in [5, 5.41) is 6.75. The molecule has 2 heterocycles. The van der Waals surface area contributed by atoms with Crippen molar-refractivity contribution in [2.45, 2.75) is 32.2 Å². The molecule has 1 saturated heterocycles. The van der Waals surface area contributed by atoms with Crippen molar-refractivity contribution in [3.05, 3.63) is 70.4 Å². The smallest absolute Gasteiger partial charge is 0.293 e. The Morgan fingerprint density at radius 2 is 1.84 bits per heavy atom. The zero-order valence-corrected chi connectivity index (χ0v) is 19.9. The highest BCUT2D eigenvalue weighted by molar-refractivity contribution is 7.80. The fourth-order valence-electron chi connectivity index (χ4n) is 3.81. The summed E-state index contributed by atoms with van der Waals surface area (Å²) >= 11 is 17.3. The third-order valence-electron chi connectivity index (χ3n) is 5.52. The van der Waals surface area contributed by atoms with E-state index in [9.17, 15) is 4.79 Å². The first kappa shape index (κ1) is 22.6. The Hall–Kier alpha value is -2.54. The Kier molecular flexibility index (Phi) is 7.04. The maximum absolute atomic E-state index is 12.5. The van der Waals surface area contributed by atoms with Crippen LogP contribution in [0.1, 0.15) is 36.7 Å². The molecule has 3 aromatic rings. The van der Waals surface area contributed by atoms with Gasteiger partial charge in [0.05, 0.1) is 10.0 Å². The average molecular weight is 488 g/mol. The van der Waals surface area contributed by atoms with Crippen LogP contribution in [0.5, 0.6) is 0 Å². The second kappa shape index (κ2) is 9.94. The normalized spacial score (nSPS) is 16.0. The molecule has 2 N–H and O–H groups in total. The number of carbonyl (C=O) groups excluding carboxylic acids is 1. The van der Waals surface area contributed by atoms with Gasteiger partial charge in [0.15, 0.2) is 10.9 Å². The minimum atomic E-state index is -0.437. The molecule has 1 amide bonds. The molecule has 0 radical (unpaired) electrons. The van der Waals surface area contributed by atoms with E-state index in [2.05, 4.69) is 34.6 Å². The van der Waals surface area contributed by atoms with Crippen molar-refractivity contribution in [2.24, 2.45) is 0 Å². The van der Waals surface area contributed by atoms with Gasteiger partial charge in [0, 0.05) is 29.5 Å². The number of carbonyl (C=O) groups is 1. The largest absolute Gasteiger partial charge is 0.451 e. The van der Waals surface area contributed by atoms with Gasteiger partial charge in [-0.2, -0.15) is 0 Å². The lowest BCUT2D eigenvalue weighted by molar-refractivity contribution is 0.0951. The van der Waals surface area contributed by atoms with Crippen LogP contribution in [0.2, 0.25) is 10.0 Å². The number of piperidine rings is 1. The van der Waals surface area contributed by atoms with Crippen molar-refractivity contribution < 1.29 is 9.21 Å². The highest BCUT2D eigenvalue weighted by Gasteiger charge is 2.18. The van der Waals surface area contributed by atoms with Crippen LogP contribution in [0.3, 0.4) is 0 Å². The topological polar surface area (TPSA) is 57.5 Å². The van der Waals surface area contributed by atoms with Crippen molar-refractivity contribution in [1.82, 2.24) is 5.32 Å². The van der Waals surface area contributed by atoms with Crippen LogP contribution in [-0.4, -0.2) is 23.6 Å². The molecule has 1 aromatic heterocycles. The third kappa shape index (κ3) is 5.26. The molecule has 0 aliphatic carbocycles. The number of amides is 1. The minimum Gasteiger partial charge on any atom is -0.451 e. The molecule has 32 heavy (non-hydrogen) atoms. The first-order valence-corrected chi connectivity index (χ1v) is 11.6. The fourth-order valence-corrected chi connectivity index (χ4v) is 4.32. The molecule has 1 fully saturated rings. The molecule has 1 aliphatic heterocycles. The van der Waals surface area contributed by atoms with Crippen molar-refractivity contribution >= 4 is 57.8 Å². The molecule has 2 aromatic carbocycles. The lowest BCUT2D eigenvalue weighted by Gasteiger charge is -2.35. The minimum absolute atomic E-state index is 0.143. The van der Waals surface area contributed by atoms with Crippen LogP contribution in [0.15, 0.2) is 59.0 Å². The summed E-state index contributed by atoms with van der Waals surface area (Å²) in [7, 11) is 0. The second-order valence-corrected chi connectivity index (χ2v) is 9.01. The number of nitrogens with zero attached hydrogens (tertiary/aromatic N) is 1. The average Bonchev–Trinajstić information content (AvgIpc) is 3.27. The van der Waals surface area contributed by atoms with E-state index in [-0.39, 0.29) is 10.9 Å². The standard InChI is InChI=1S/C24H23Cl2N3O2S/c1-15-4-2-3-13-29(15)18-8-6-17(7-9-18)27-24(32)28-23(30)22-12-11-21(31-22)16-5-10-19(25)20(26)14-16/h5-12,14-15H,2-4,13H2,1H3,(H2,27,28,30,32). The van der Waals surface area contributed by atoms with Gasteiger partial charge in [-0.15, -0.1) is 0 Å². The number of thiocarbonyl (C=S) groups is 1. The van der Waals surface area contributed by atoms with Crippen molar-refractivity contribution in [1.29, 1.82) is 0 Å². The molecular formula is C24H23Cl2N3O2S. The van der Waals surface area contributed by atoms with E-state index in [1.807, 2.05) is 12.1 Å². The highest BCUT2D eigenvalue weighted by Crippen LogP contribution is 2.30. The summed E-state index contributed by atoms with van der Waals surface area (Å²) in [5.74, 6) is 0.215.